The van der Waals surface area contributed by atoms with Crippen LogP contribution in [-0.2, 0) is 0 Å². The molecular weight excluding hydrogens is 177 g/mol. The molecule has 0 fully saturated rings. The third-order valence-corrected chi connectivity index (χ3v) is 1.58. The van der Waals surface area contributed by atoms with Gasteiger partial charge in [-0.1, -0.05) is 11.8 Å². The minimum absolute atomic E-state index is 0.0716. The Labute approximate surface area is 84.1 Å². The third kappa shape index (κ3) is 3.10. The summed E-state index contributed by atoms with van der Waals surface area (Å²) < 4.78 is 13.0. The Bertz CT molecular complexity index is 391. The first-order valence-corrected chi connectivity index (χ1v) is 4.47. The third-order valence-electron chi connectivity index (χ3n) is 1.58. The number of anilines is 1. The molecule has 0 atom stereocenters. The first kappa shape index (κ1) is 10.6. The number of benzene rings is 1. The summed E-state index contributed by atoms with van der Waals surface area (Å²) in [6.45, 7) is 6.02. The van der Waals surface area contributed by atoms with E-state index in [9.17, 15) is 4.39 Å². The summed E-state index contributed by atoms with van der Waals surface area (Å²) in [4.78, 5) is 0. The highest BCUT2D eigenvalue weighted by Gasteiger charge is 2.03. The molecule has 2 heteroatoms. The van der Waals surface area contributed by atoms with E-state index in [1.165, 1.54) is 12.1 Å². The van der Waals surface area contributed by atoms with Gasteiger partial charge < -0.3 is 5.73 Å². The van der Waals surface area contributed by atoms with Crippen molar-refractivity contribution in [1.82, 2.24) is 0 Å². The Balaban J connectivity index is 2.98. The Hall–Kier alpha value is -1.49. The summed E-state index contributed by atoms with van der Waals surface area (Å²) in [5.41, 5.74) is 6.09. The maximum atomic E-state index is 13.0. The summed E-state index contributed by atoms with van der Waals surface area (Å²) in [5.74, 6) is 5.52. The van der Waals surface area contributed by atoms with Crippen molar-refractivity contribution in [3.8, 4) is 11.8 Å². The van der Waals surface area contributed by atoms with Crippen LogP contribution in [0.25, 0.3) is 0 Å². The molecule has 0 aliphatic carbocycles. The number of rotatable bonds is 0. The van der Waals surface area contributed by atoms with Gasteiger partial charge in [0.15, 0.2) is 0 Å². The van der Waals surface area contributed by atoms with Gasteiger partial charge in [0.2, 0.25) is 0 Å². The topological polar surface area (TPSA) is 26.0 Å². The molecule has 0 unspecified atom stereocenters. The fraction of sp³-hybridized carbons (Fsp3) is 0.333. The van der Waals surface area contributed by atoms with Crippen LogP contribution < -0.4 is 5.73 Å². The molecule has 0 saturated carbocycles. The van der Waals surface area contributed by atoms with Crippen LogP contribution in [0, 0.1) is 23.1 Å². The second-order valence-electron chi connectivity index (χ2n) is 4.24. The van der Waals surface area contributed by atoms with Crippen LogP contribution >= 0.6 is 0 Å². The lowest BCUT2D eigenvalue weighted by atomic mass is 9.97. The van der Waals surface area contributed by atoms with E-state index in [0.29, 0.717) is 5.56 Å². The molecule has 0 aliphatic rings. The average molecular weight is 191 g/mol. The van der Waals surface area contributed by atoms with E-state index in [0.717, 1.165) is 0 Å². The Morgan fingerprint density at radius 3 is 2.43 bits per heavy atom. The van der Waals surface area contributed by atoms with Gasteiger partial charge in [0.05, 0.1) is 5.69 Å². The summed E-state index contributed by atoms with van der Waals surface area (Å²) in [6, 6.07) is 4.60. The monoisotopic (exact) mass is 191 g/mol. The van der Waals surface area contributed by atoms with Gasteiger partial charge in [-0.25, -0.2) is 4.39 Å². The quantitative estimate of drug-likeness (QED) is 0.495. The molecule has 1 aromatic rings. The van der Waals surface area contributed by atoms with Crippen LogP contribution in [0.3, 0.4) is 0 Å². The van der Waals surface area contributed by atoms with Gasteiger partial charge in [0, 0.05) is 11.0 Å². The zero-order valence-corrected chi connectivity index (χ0v) is 8.69. The smallest absolute Gasteiger partial charge is 0.147 e. The molecule has 0 bridgehead atoms. The zero-order chi connectivity index (χ0) is 10.8. The van der Waals surface area contributed by atoms with E-state index in [-0.39, 0.29) is 11.1 Å². The number of nitrogens with two attached hydrogens (primary N) is 1. The van der Waals surface area contributed by atoms with E-state index in [2.05, 4.69) is 11.8 Å². The van der Waals surface area contributed by atoms with Gasteiger partial charge in [-0.2, -0.15) is 0 Å². The lowest BCUT2D eigenvalue weighted by molar-refractivity contribution is 0.571. The maximum absolute atomic E-state index is 13.0. The first-order valence-electron chi connectivity index (χ1n) is 4.47. The van der Waals surface area contributed by atoms with Crippen molar-refractivity contribution in [3.63, 3.8) is 0 Å². The molecule has 74 valence electrons. The Kier molecular flexibility index (Phi) is 2.81. The highest BCUT2D eigenvalue weighted by atomic mass is 19.1. The van der Waals surface area contributed by atoms with Crippen LogP contribution in [0.1, 0.15) is 26.3 Å². The average Bonchev–Trinajstić information content (AvgIpc) is 2.06. The lowest BCUT2D eigenvalue weighted by Crippen LogP contribution is -1.99. The van der Waals surface area contributed by atoms with E-state index < -0.39 is 5.82 Å². The van der Waals surface area contributed by atoms with Crippen molar-refractivity contribution in [2.24, 2.45) is 5.41 Å². The van der Waals surface area contributed by atoms with E-state index in [1.54, 1.807) is 6.07 Å². The predicted octanol–water partition coefficient (Wildman–Crippen LogP) is 2.81. The van der Waals surface area contributed by atoms with Crippen LogP contribution in [-0.4, -0.2) is 0 Å². The molecule has 0 amide bonds. The van der Waals surface area contributed by atoms with Gasteiger partial charge in [-0.3, -0.25) is 0 Å². The second kappa shape index (κ2) is 3.71. The molecule has 0 heterocycles. The summed E-state index contributed by atoms with van der Waals surface area (Å²) in [7, 11) is 0. The zero-order valence-electron chi connectivity index (χ0n) is 8.69. The van der Waals surface area contributed by atoms with Crippen molar-refractivity contribution in [1.29, 1.82) is 0 Å². The molecule has 1 nitrogen and oxygen atoms in total. The molecule has 0 saturated heterocycles. The summed E-state index contributed by atoms with van der Waals surface area (Å²) >= 11 is 0. The van der Waals surface area contributed by atoms with Gasteiger partial charge in [-0.15, -0.1) is 0 Å². The number of hydrogen-bond acceptors (Lipinski definition) is 1. The highest BCUT2D eigenvalue weighted by molar-refractivity contribution is 5.46. The lowest BCUT2D eigenvalue weighted by Gasteiger charge is -2.06. The molecule has 1 aromatic carbocycles. The molecule has 0 radical (unpaired) electrons. The summed E-state index contributed by atoms with van der Waals surface area (Å²) in [6.07, 6.45) is 0. The summed E-state index contributed by atoms with van der Waals surface area (Å²) in [5, 5.41) is 0. The predicted molar refractivity (Wildman–Crippen MR) is 57.1 cm³/mol. The van der Waals surface area contributed by atoms with Crippen molar-refractivity contribution in [2.75, 3.05) is 5.73 Å². The fourth-order valence-corrected chi connectivity index (χ4v) is 0.865. The maximum Gasteiger partial charge on any atom is 0.147 e. The van der Waals surface area contributed by atoms with Crippen molar-refractivity contribution in [2.45, 2.75) is 20.8 Å². The fourth-order valence-electron chi connectivity index (χ4n) is 0.865. The van der Waals surface area contributed by atoms with Crippen LogP contribution in [0.2, 0.25) is 0 Å². The Morgan fingerprint density at radius 2 is 1.93 bits per heavy atom. The number of hydrogen-bond donors (Lipinski definition) is 1. The normalized spacial score (nSPS) is 10.6. The number of nitrogen functional groups attached to an aromatic ring is 1. The standard InChI is InChI=1S/C12H14FN/c1-12(2,3)7-6-9-4-5-11(14)10(13)8-9/h4-5,8H,14H2,1-3H3. The van der Waals surface area contributed by atoms with Crippen molar-refractivity contribution in [3.05, 3.63) is 29.6 Å². The van der Waals surface area contributed by atoms with E-state index >= 15 is 0 Å². The van der Waals surface area contributed by atoms with Gasteiger partial charge >= 0.3 is 0 Å². The van der Waals surface area contributed by atoms with E-state index in [1.807, 2.05) is 20.8 Å². The van der Waals surface area contributed by atoms with E-state index in [4.69, 9.17) is 5.73 Å². The van der Waals surface area contributed by atoms with Gasteiger partial charge in [-0.05, 0) is 39.0 Å². The molecule has 0 aliphatic heterocycles. The second-order valence-corrected chi connectivity index (χ2v) is 4.24. The molecular formula is C12H14FN. The first-order chi connectivity index (χ1) is 6.38. The van der Waals surface area contributed by atoms with Crippen LogP contribution in [0.4, 0.5) is 10.1 Å². The molecule has 14 heavy (non-hydrogen) atoms. The minimum atomic E-state index is -0.411. The van der Waals surface area contributed by atoms with Crippen LogP contribution in [0.15, 0.2) is 18.2 Å². The minimum Gasteiger partial charge on any atom is -0.396 e. The molecule has 0 aromatic heterocycles. The SMILES string of the molecule is CC(C)(C)C#Cc1ccc(N)c(F)c1. The van der Waals surface area contributed by atoms with Gasteiger partial charge in [0.25, 0.3) is 0 Å². The highest BCUT2D eigenvalue weighted by Crippen LogP contribution is 2.13. The van der Waals surface area contributed by atoms with Gasteiger partial charge in [0.1, 0.15) is 5.82 Å². The molecule has 1 rings (SSSR count). The van der Waals surface area contributed by atoms with Crippen molar-refractivity contribution < 1.29 is 4.39 Å². The Morgan fingerprint density at radius 1 is 1.29 bits per heavy atom. The number of halogens is 1. The molecule has 2 N–H and O–H groups in total. The van der Waals surface area contributed by atoms with Crippen molar-refractivity contribution >= 4 is 5.69 Å². The molecule has 0 spiro atoms. The largest absolute Gasteiger partial charge is 0.396 e. The van der Waals surface area contributed by atoms with Crippen LogP contribution in [0.5, 0.6) is 0 Å².